The van der Waals surface area contributed by atoms with Crippen LogP contribution >= 0.6 is 0 Å². The van der Waals surface area contributed by atoms with E-state index < -0.39 is 12.0 Å². The van der Waals surface area contributed by atoms with Gasteiger partial charge in [-0.15, -0.1) is 0 Å². The molecule has 1 unspecified atom stereocenters. The van der Waals surface area contributed by atoms with Gasteiger partial charge in [0.1, 0.15) is 11.9 Å². The Morgan fingerprint density at radius 3 is 2.78 bits per heavy atom. The summed E-state index contributed by atoms with van der Waals surface area (Å²) < 4.78 is 5.87. The Bertz CT molecular complexity index is 802. The fourth-order valence-electron chi connectivity index (χ4n) is 4.07. The predicted molar refractivity (Wildman–Crippen MR) is 124 cm³/mol. The van der Waals surface area contributed by atoms with Crippen LogP contribution in [0, 0.1) is 5.92 Å². The SMILES string of the molecule is CN(C(=O)NC(CCOC1CC(CCc2ccc3c(n2)NCCC3)C1)C(=O)O)C(C)(C)C. The Morgan fingerprint density at radius 1 is 1.34 bits per heavy atom. The Kier molecular flexibility index (Phi) is 7.98. The number of carboxylic acid groups (broad SMARTS) is 1. The van der Waals surface area contributed by atoms with Crippen molar-refractivity contribution >= 4 is 17.8 Å². The first kappa shape index (κ1) is 24.3. The summed E-state index contributed by atoms with van der Waals surface area (Å²) in [6.07, 6.45) is 6.79. The number of nitrogens with zero attached hydrogens (tertiary/aromatic N) is 2. The summed E-state index contributed by atoms with van der Waals surface area (Å²) in [6, 6.07) is 3.01. The Balaban J connectivity index is 1.33. The maximum atomic E-state index is 12.3. The van der Waals surface area contributed by atoms with Crippen molar-refractivity contribution in [2.24, 2.45) is 5.92 Å². The molecule has 1 fully saturated rings. The predicted octanol–water partition coefficient (Wildman–Crippen LogP) is 3.45. The number of aromatic nitrogens is 1. The third-order valence-electron chi connectivity index (χ3n) is 6.62. The summed E-state index contributed by atoms with van der Waals surface area (Å²) in [4.78, 5) is 30.1. The number of amides is 2. The summed E-state index contributed by atoms with van der Waals surface area (Å²) in [5.41, 5.74) is 2.08. The van der Waals surface area contributed by atoms with E-state index >= 15 is 0 Å². The highest BCUT2D eigenvalue weighted by Gasteiger charge is 2.31. The first-order valence-electron chi connectivity index (χ1n) is 11.7. The largest absolute Gasteiger partial charge is 0.480 e. The zero-order chi connectivity index (χ0) is 23.3. The smallest absolute Gasteiger partial charge is 0.326 e. The van der Waals surface area contributed by atoms with Crippen LogP contribution in [-0.4, -0.2) is 64.9 Å². The Hall–Kier alpha value is -2.35. The van der Waals surface area contributed by atoms with Gasteiger partial charge in [-0.3, -0.25) is 0 Å². The molecule has 1 aromatic rings. The van der Waals surface area contributed by atoms with E-state index in [9.17, 15) is 14.7 Å². The molecule has 2 heterocycles. The van der Waals surface area contributed by atoms with Crippen LogP contribution in [0.15, 0.2) is 12.1 Å². The minimum absolute atomic E-state index is 0.181. The lowest BCUT2D eigenvalue weighted by Gasteiger charge is -2.35. The standard InChI is InChI=1S/C24H38N4O4/c1-24(2,3)28(4)23(31)27-20(22(29)30)11-13-32-19-14-16(15-19)7-9-18-10-8-17-6-5-12-25-21(17)26-18/h8,10,16,19-20H,5-7,9,11-15H2,1-4H3,(H,25,26)(H,27,31)(H,29,30). The fraction of sp³-hybridized carbons (Fsp3) is 0.708. The molecule has 1 aliphatic heterocycles. The van der Waals surface area contributed by atoms with Gasteiger partial charge in [0.25, 0.3) is 0 Å². The van der Waals surface area contributed by atoms with Crippen LogP contribution in [0.2, 0.25) is 0 Å². The molecule has 0 spiro atoms. The molecule has 1 atom stereocenters. The first-order chi connectivity index (χ1) is 15.1. The van der Waals surface area contributed by atoms with E-state index in [1.807, 2.05) is 20.8 Å². The second kappa shape index (κ2) is 10.5. The zero-order valence-corrected chi connectivity index (χ0v) is 19.8. The topological polar surface area (TPSA) is 104 Å². The lowest BCUT2D eigenvalue weighted by atomic mass is 9.79. The molecule has 1 aliphatic carbocycles. The molecule has 178 valence electrons. The van der Waals surface area contributed by atoms with Crippen LogP contribution in [-0.2, 0) is 22.4 Å². The van der Waals surface area contributed by atoms with Gasteiger partial charge in [-0.25, -0.2) is 14.6 Å². The number of carbonyl (C=O) groups is 2. The number of urea groups is 1. The highest BCUT2D eigenvalue weighted by atomic mass is 16.5. The molecule has 8 heteroatoms. The Morgan fingerprint density at radius 2 is 2.09 bits per heavy atom. The van der Waals surface area contributed by atoms with Crippen LogP contribution in [0.25, 0.3) is 0 Å². The van der Waals surface area contributed by atoms with E-state index in [-0.39, 0.29) is 24.1 Å². The number of anilines is 1. The average Bonchev–Trinajstić information content (AvgIpc) is 2.72. The summed E-state index contributed by atoms with van der Waals surface area (Å²) in [6.45, 7) is 7.03. The summed E-state index contributed by atoms with van der Waals surface area (Å²) in [7, 11) is 1.66. The lowest BCUT2D eigenvalue weighted by Crippen LogP contribution is -2.52. The van der Waals surface area contributed by atoms with Crippen molar-refractivity contribution in [3.05, 3.63) is 23.4 Å². The molecular formula is C24H38N4O4. The number of fused-ring (bicyclic) bond motifs is 1. The van der Waals surface area contributed by atoms with Crippen molar-refractivity contribution in [1.29, 1.82) is 0 Å². The summed E-state index contributed by atoms with van der Waals surface area (Å²) >= 11 is 0. The maximum Gasteiger partial charge on any atom is 0.326 e. The molecule has 1 saturated carbocycles. The molecule has 0 saturated heterocycles. The average molecular weight is 447 g/mol. The molecule has 0 bridgehead atoms. The van der Waals surface area contributed by atoms with Crippen molar-refractivity contribution in [3.8, 4) is 0 Å². The number of carboxylic acids is 1. The van der Waals surface area contributed by atoms with Crippen molar-refractivity contribution in [3.63, 3.8) is 0 Å². The quantitative estimate of drug-likeness (QED) is 0.537. The van der Waals surface area contributed by atoms with E-state index in [0.717, 1.165) is 50.2 Å². The number of pyridine rings is 1. The number of nitrogens with one attached hydrogen (secondary N) is 2. The van der Waals surface area contributed by atoms with Gasteiger partial charge in [0.2, 0.25) is 0 Å². The number of hydrogen-bond donors (Lipinski definition) is 3. The van der Waals surface area contributed by atoms with E-state index in [1.54, 1.807) is 7.05 Å². The van der Waals surface area contributed by atoms with Crippen LogP contribution < -0.4 is 10.6 Å². The first-order valence-corrected chi connectivity index (χ1v) is 11.7. The zero-order valence-electron chi connectivity index (χ0n) is 19.8. The highest BCUT2D eigenvalue weighted by molar-refractivity contribution is 5.82. The highest BCUT2D eigenvalue weighted by Crippen LogP contribution is 2.34. The molecule has 2 aliphatic rings. The second-order valence-electron chi connectivity index (χ2n) is 10.1. The molecular weight excluding hydrogens is 408 g/mol. The van der Waals surface area contributed by atoms with Gasteiger partial charge in [-0.1, -0.05) is 6.07 Å². The number of aliphatic carboxylic acids is 1. The number of carbonyl (C=O) groups excluding carboxylic acids is 1. The number of rotatable bonds is 9. The van der Waals surface area contributed by atoms with Gasteiger partial charge >= 0.3 is 12.0 Å². The van der Waals surface area contributed by atoms with Crippen molar-refractivity contribution < 1.29 is 19.4 Å². The van der Waals surface area contributed by atoms with Gasteiger partial charge in [0, 0.05) is 37.9 Å². The van der Waals surface area contributed by atoms with Gasteiger partial charge in [-0.2, -0.15) is 0 Å². The molecule has 32 heavy (non-hydrogen) atoms. The van der Waals surface area contributed by atoms with Gasteiger partial charge in [0.05, 0.1) is 6.10 Å². The van der Waals surface area contributed by atoms with Crippen molar-refractivity contribution in [1.82, 2.24) is 15.2 Å². The Labute approximate surface area is 191 Å². The molecule has 8 nitrogen and oxygen atoms in total. The monoisotopic (exact) mass is 446 g/mol. The molecule has 3 rings (SSSR count). The summed E-state index contributed by atoms with van der Waals surface area (Å²) in [5, 5.41) is 15.4. The van der Waals surface area contributed by atoms with E-state index in [1.165, 1.54) is 16.9 Å². The van der Waals surface area contributed by atoms with Crippen molar-refractivity contribution in [2.45, 2.75) is 83.4 Å². The molecule has 1 aromatic heterocycles. The third kappa shape index (κ3) is 6.58. The van der Waals surface area contributed by atoms with E-state index in [4.69, 9.17) is 9.72 Å². The fourth-order valence-corrected chi connectivity index (χ4v) is 4.07. The number of aryl methyl sites for hydroxylation is 2. The van der Waals surface area contributed by atoms with Gasteiger partial charge in [0.15, 0.2) is 0 Å². The van der Waals surface area contributed by atoms with Crippen LogP contribution in [0.3, 0.4) is 0 Å². The number of hydrogen-bond acceptors (Lipinski definition) is 5. The van der Waals surface area contributed by atoms with E-state index in [0.29, 0.717) is 12.5 Å². The molecule has 0 aromatic carbocycles. The van der Waals surface area contributed by atoms with Gasteiger partial charge in [-0.05, 0) is 76.8 Å². The van der Waals surface area contributed by atoms with Crippen LogP contribution in [0.5, 0.6) is 0 Å². The minimum atomic E-state index is -1.04. The lowest BCUT2D eigenvalue weighted by molar-refractivity contribution is -0.140. The second-order valence-corrected chi connectivity index (χ2v) is 10.1. The van der Waals surface area contributed by atoms with Crippen LogP contribution in [0.4, 0.5) is 10.6 Å². The maximum absolute atomic E-state index is 12.3. The normalized spacial score (nSPS) is 21.0. The van der Waals surface area contributed by atoms with Crippen molar-refractivity contribution in [2.75, 3.05) is 25.5 Å². The molecule has 0 radical (unpaired) electrons. The third-order valence-corrected chi connectivity index (χ3v) is 6.62. The molecule has 3 N–H and O–H groups in total. The van der Waals surface area contributed by atoms with E-state index in [2.05, 4.69) is 22.8 Å². The molecule has 2 amide bonds. The number of ether oxygens (including phenoxy) is 1. The van der Waals surface area contributed by atoms with Gasteiger partial charge < -0.3 is 25.4 Å². The van der Waals surface area contributed by atoms with Crippen LogP contribution in [0.1, 0.15) is 64.1 Å². The summed E-state index contributed by atoms with van der Waals surface area (Å²) in [5.74, 6) is 0.640. The minimum Gasteiger partial charge on any atom is -0.480 e.